The van der Waals surface area contributed by atoms with Gasteiger partial charge < -0.3 is 25.5 Å². The molecule has 1 aliphatic rings. The number of benzene rings is 3. The summed E-state index contributed by atoms with van der Waals surface area (Å²) in [5, 5.41) is 30.5. The van der Waals surface area contributed by atoms with Gasteiger partial charge in [-0.15, -0.1) is 0 Å². The molecule has 0 heterocycles. The van der Waals surface area contributed by atoms with Crippen molar-refractivity contribution in [3.63, 3.8) is 0 Å². The van der Waals surface area contributed by atoms with Crippen LogP contribution in [0.5, 0.6) is 11.5 Å². The van der Waals surface area contributed by atoms with Gasteiger partial charge in [0.1, 0.15) is 28.9 Å². The quantitative estimate of drug-likeness (QED) is 0.193. The molecule has 4 rings (SSSR count). The summed E-state index contributed by atoms with van der Waals surface area (Å²) in [4.78, 5) is 37.8. The van der Waals surface area contributed by atoms with Gasteiger partial charge in [0.25, 0.3) is 0 Å². The van der Waals surface area contributed by atoms with Crippen molar-refractivity contribution in [2.75, 3.05) is 20.3 Å². The molecule has 45 heavy (non-hydrogen) atoms. The maximum Gasteiger partial charge on any atom is 0.167 e. The fourth-order valence-corrected chi connectivity index (χ4v) is 6.58. The number of aliphatic hydroxyl groups is 2. The Hall–Kier alpha value is -3.92. The molecule has 0 aromatic heterocycles. The molecule has 0 radical (unpaired) electrons. The average molecular weight is 627 g/mol. The van der Waals surface area contributed by atoms with Gasteiger partial charge in [0.05, 0.1) is 25.7 Å². The molecule has 3 atom stereocenters. The number of rotatable bonds is 15. The van der Waals surface area contributed by atoms with Crippen LogP contribution >= 0.6 is 0 Å². The molecule has 1 aliphatic carbocycles. The smallest absolute Gasteiger partial charge is 0.167 e. The number of aliphatic hydroxyl groups excluding tert-OH is 2. The van der Waals surface area contributed by atoms with Gasteiger partial charge in [-0.3, -0.25) is 14.4 Å². The Balaban J connectivity index is 0.00000368. The zero-order valence-electron chi connectivity index (χ0n) is 25.9. The Bertz CT molecular complexity index is 1510. The van der Waals surface area contributed by atoms with Crippen LogP contribution in [0, 0.1) is 23.6 Å². The van der Waals surface area contributed by atoms with E-state index in [-0.39, 0.29) is 74.6 Å². The van der Waals surface area contributed by atoms with E-state index in [9.17, 15) is 34.1 Å². The van der Waals surface area contributed by atoms with Crippen LogP contribution in [0.3, 0.4) is 0 Å². The Morgan fingerprint density at radius 1 is 1.02 bits per heavy atom. The number of carbonyl (C=O) groups excluding carboxylic acids is 3. The lowest BCUT2D eigenvalue weighted by Gasteiger charge is -2.32. The number of Topliss-reactive ketones (excluding diaryl/α,β-unsaturated/α-hetero) is 3. The largest absolute Gasteiger partial charge is 0.507 e. The Kier molecular flexibility index (Phi) is 13.0. The molecule has 3 unspecified atom stereocenters. The normalized spacial score (nSPS) is 15.5. The third-order valence-corrected chi connectivity index (χ3v) is 8.65. The minimum Gasteiger partial charge on any atom is -0.507 e. The van der Waals surface area contributed by atoms with Gasteiger partial charge >= 0.3 is 0 Å². The lowest BCUT2D eigenvalue weighted by atomic mass is 9.72. The lowest BCUT2D eigenvalue weighted by molar-refractivity contribution is -0.131. The van der Waals surface area contributed by atoms with Gasteiger partial charge in [-0.25, -0.2) is 4.39 Å². The van der Waals surface area contributed by atoms with E-state index in [1.807, 2.05) is 24.3 Å². The van der Waals surface area contributed by atoms with Crippen molar-refractivity contribution in [2.24, 2.45) is 17.8 Å². The van der Waals surface area contributed by atoms with E-state index in [1.165, 1.54) is 19.1 Å². The summed E-state index contributed by atoms with van der Waals surface area (Å²) >= 11 is 0. The fraction of sp³-hybridized carbons (Fsp3) is 0.417. The monoisotopic (exact) mass is 626 g/mol. The van der Waals surface area contributed by atoms with Crippen LogP contribution in [-0.2, 0) is 28.9 Å². The van der Waals surface area contributed by atoms with Gasteiger partial charge in [-0.1, -0.05) is 24.3 Å². The first-order valence-electron chi connectivity index (χ1n) is 15.2. The van der Waals surface area contributed by atoms with E-state index >= 15 is 0 Å². The molecule has 8 nitrogen and oxygen atoms in total. The SMILES string of the molecule is COc1ccc(CCCc2cccc(F)c2)cc1-c1ccc(O)c2c1CC(CC(CCO)C(CO)C(=O)CC(C)=O)CC2=O.O.[HH].[HH]. The zero-order chi connectivity index (χ0) is 31.8. The van der Waals surface area contributed by atoms with E-state index in [4.69, 9.17) is 4.74 Å². The van der Waals surface area contributed by atoms with E-state index < -0.39 is 18.4 Å². The van der Waals surface area contributed by atoms with Crippen molar-refractivity contribution in [1.82, 2.24) is 0 Å². The number of methoxy groups -OCH3 is 1. The number of phenols is 1. The highest BCUT2D eigenvalue weighted by molar-refractivity contribution is 6.03. The molecule has 0 aliphatic heterocycles. The second kappa shape index (κ2) is 16.4. The minimum absolute atomic E-state index is 0. The van der Waals surface area contributed by atoms with Gasteiger partial charge in [-0.05, 0) is 110 Å². The minimum atomic E-state index is -0.810. The van der Waals surface area contributed by atoms with Crippen LogP contribution in [0.2, 0.25) is 0 Å². The van der Waals surface area contributed by atoms with Crippen LogP contribution in [0.25, 0.3) is 11.1 Å². The molecule has 0 bridgehead atoms. The predicted molar refractivity (Wildman–Crippen MR) is 173 cm³/mol. The van der Waals surface area contributed by atoms with E-state index in [0.717, 1.165) is 41.5 Å². The predicted octanol–water partition coefficient (Wildman–Crippen LogP) is 5.34. The molecule has 0 saturated carbocycles. The van der Waals surface area contributed by atoms with Gasteiger partial charge in [0.2, 0.25) is 0 Å². The summed E-state index contributed by atoms with van der Waals surface area (Å²) in [7, 11) is 1.58. The summed E-state index contributed by atoms with van der Waals surface area (Å²) in [6.45, 7) is 0.691. The van der Waals surface area contributed by atoms with Crippen LogP contribution < -0.4 is 4.74 Å². The highest BCUT2D eigenvalue weighted by Gasteiger charge is 2.35. The van der Waals surface area contributed by atoms with Crippen molar-refractivity contribution in [1.29, 1.82) is 0 Å². The van der Waals surface area contributed by atoms with Gasteiger partial charge in [-0.2, -0.15) is 0 Å². The summed E-state index contributed by atoms with van der Waals surface area (Å²) in [6.07, 6.45) is 3.25. The Morgan fingerprint density at radius 3 is 2.40 bits per heavy atom. The number of carbonyl (C=O) groups is 3. The molecule has 0 saturated heterocycles. The number of fused-ring (bicyclic) bond motifs is 1. The van der Waals surface area contributed by atoms with Crippen LogP contribution in [0.1, 0.15) is 68.9 Å². The summed E-state index contributed by atoms with van der Waals surface area (Å²) in [5.74, 6) is -2.00. The molecule has 0 amide bonds. The topological polar surface area (TPSA) is 153 Å². The third-order valence-electron chi connectivity index (χ3n) is 8.65. The first-order valence-corrected chi connectivity index (χ1v) is 15.2. The number of halogens is 1. The average Bonchev–Trinajstić information content (AvgIpc) is 2.97. The summed E-state index contributed by atoms with van der Waals surface area (Å²) < 4.78 is 19.3. The van der Waals surface area contributed by atoms with Crippen molar-refractivity contribution in [2.45, 2.75) is 58.3 Å². The van der Waals surface area contributed by atoms with Crippen molar-refractivity contribution in [3.8, 4) is 22.6 Å². The number of ether oxygens (including phenoxy) is 1. The Labute approximate surface area is 266 Å². The fourth-order valence-electron chi connectivity index (χ4n) is 6.58. The van der Waals surface area contributed by atoms with Gasteiger partial charge in [0.15, 0.2) is 5.78 Å². The lowest BCUT2D eigenvalue weighted by Crippen LogP contribution is -2.32. The standard InChI is InChI=1S/C36H41FO7.H2O.2H2/c1-22(40)15-33(42)31(21-39)26(13-14-38)16-25-19-30-28(10-11-32(41)36(30)34(43)20-25)29-18-24(9-12-35(29)44-2)6-3-5-23-7-4-8-27(37)17-23;;;/h4,7-12,17-18,25-26,31,38-39,41H,3,5-6,13-16,19-21H2,1-2H3;1H2;2*1H. The molecule has 5 N–H and O–H groups in total. The van der Waals surface area contributed by atoms with E-state index in [1.54, 1.807) is 25.3 Å². The van der Waals surface area contributed by atoms with E-state index in [2.05, 4.69) is 0 Å². The maximum absolute atomic E-state index is 13.6. The van der Waals surface area contributed by atoms with Crippen LogP contribution in [0.15, 0.2) is 54.6 Å². The van der Waals surface area contributed by atoms with Crippen molar-refractivity contribution in [3.05, 3.63) is 82.7 Å². The number of hydrogen-bond donors (Lipinski definition) is 3. The second-order valence-electron chi connectivity index (χ2n) is 11.8. The second-order valence-corrected chi connectivity index (χ2v) is 11.8. The first kappa shape index (κ1) is 35.6. The number of aromatic hydroxyl groups is 1. The van der Waals surface area contributed by atoms with E-state index in [0.29, 0.717) is 24.2 Å². The maximum atomic E-state index is 13.6. The number of hydrogen-bond acceptors (Lipinski definition) is 7. The van der Waals surface area contributed by atoms with Crippen molar-refractivity contribution >= 4 is 17.3 Å². The molecular formula is C36H47FO8. The van der Waals surface area contributed by atoms with Crippen molar-refractivity contribution < 1.29 is 47.2 Å². The Morgan fingerprint density at radius 2 is 1.76 bits per heavy atom. The molecular weight excluding hydrogens is 579 g/mol. The molecule has 246 valence electrons. The zero-order valence-corrected chi connectivity index (χ0v) is 25.9. The summed E-state index contributed by atoms with van der Waals surface area (Å²) in [6, 6.07) is 15.8. The summed E-state index contributed by atoms with van der Waals surface area (Å²) in [5.41, 5.74) is 4.52. The number of ketones is 3. The highest BCUT2D eigenvalue weighted by atomic mass is 19.1. The number of phenolic OH excluding ortho intramolecular Hbond substituents is 1. The molecule has 0 fully saturated rings. The molecule has 3 aromatic rings. The molecule has 3 aromatic carbocycles. The van der Waals surface area contributed by atoms with Gasteiger partial charge in [0, 0.05) is 27.4 Å². The first-order chi connectivity index (χ1) is 21.1. The third kappa shape index (κ3) is 8.84. The van der Waals surface area contributed by atoms with Crippen LogP contribution in [0.4, 0.5) is 4.39 Å². The van der Waals surface area contributed by atoms with Crippen LogP contribution in [-0.4, -0.2) is 58.5 Å². The molecule has 9 heteroatoms. The number of aryl methyl sites for hydroxylation is 2. The highest BCUT2D eigenvalue weighted by Crippen LogP contribution is 2.43. The molecule has 0 spiro atoms.